The zero-order valence-corrected chi connectivity index (χ0v) is 12.2. The number of hydrogen-bond donors (Lipinski definition) is 2. The second-order valence-electron chi connectivity index (χ2n) is 6.01. The third kappa shape index (κ3) is 2.07. The maximum absolute atomic E-state index is 5.98. The molecule has 0 saturated carbocycles. The maximum Gasteiger partial charge on any atom is 0.0624 e. The van der Waals surface area contributed by atoms with Crippen LogP contribution < -0.4 is 11.3 Å². The van der Waals surface area contributed by atoms with Gasteiger partial charge in [0.05, 0.1) is 12.2 Å². The van der Waals surface area contributed by atoms with Crippen LogP contribution in [-0.4, -0.2) is 18.2 Å². The van der Waals surface area contributed by atoms with Crippen molar-refractivity contribution < 1.29 is 4.74 Å². The van der Waals surface area contributed by atoms with Gasteiger partial charge in [-0.3, -0.25) is 11.3 Å². The Morgan fingerprint density at radius 1 is 1.35 bits per heavy atom. The normalized spacial score (nSPS) is 30.1. The molecular weight excluding hydrogens is 268 g/mol. The summed E-state index contributed by atoms with van der Waals surface area (Å²) >= 11 is 1.82. The van der Waals surface area contributed by atoms with Crippen LogP contribution in [0.4, 0.5) is 0 Å². The van der Waals surface area contributed by atoms with Gasteiger partial charge in [0.1, 0.15) is 0 Å². The van der Waals surface area contributed by atoms with Crippen molar-refractivity contribution in [2.45, 2.75) is 43.9 Å². The molecule has 2 aliphatic heterocycles. The van der Waals surface area contributed by atoms with Crippen LogP contribution in [0.1, 0.15) is 24.8 Å². The van der Waals surface area contributed by atoms with Gasteiger partial charge in [-0.1, -0.05) is 18.2 Å². The lowest BCUT2D eigenvalue weighted by Gasteiger charge is -2.27. The highest BCUT2D eigenvalue weighted by Crippen LogP contribution is 2.41. The number of fused-ring (bicyclic) bond motifs is 3. The Morgan fingerprint density at radius 2 is 2.25 bits per heavy atom. The first kappa shape index (κ1) is 12.8. The van der Waals surface area contributed by atoms with Crippen molar-refractivity contribution in [2.24, 2.45) is 11.8 Å². The van der Waals surface area contributed by atoms with E-state index in [1.807, 2.05) is 11.3 Å². The fourth-order valence-electron chi connectivity index (χ4n) is 3.86. The Bertz CT molecular complexity index is 611. The third-order valence-corrected chi connectivity index (χ3v) is 5.90. The minimum atomic E-state index is 0.323. The molecule has 4 atom stereocenters. The number of benzene rings is 1. The van der Waals surface area contributed by atoms with Crippen molar-refractivity contribution in [3.8, 4) is 0 Å². The fraction of sp³-hybridized carbons (Fsp3) is 0.500. The van der Waals surface area contributed by atoms with E-state index in [4.69, 9.17) is 10.6 Å². The quantitative estimate of drug-likeness (QED) is 0.672. The van der Waals surface area contributed by atoms with Crippen LogP contribution in [0.2, 0.25) is 0 Å². The van der Waals surface area contributed by atoms with E-state index < -0.39 is 0 Å². The summed E-state index contributed by atoms with van der Waals surface area (Å²) in [6.45, 7) is 0. The lowest BCUT2D eigenvalue weighted by molar-refractivity contribution is 0.0857. The van der Waals surface area contributed by atoms with Gasteiger partial charge < -0.3 is 4.74 Å². The molecule has 3 heterocycles. The van der Waals surface area contributed by atoms with E-state index in [9.17, 15) is 0 Å². The smallest absolute Gasteiger partial charge is 0.0624 e. The molecule has 1 aromatic heterocycles. The SMILES string of the molecule is NNC(Cc1csc2ccccc12)C1CC2CCC1O2. The molecule has 106 valence electrons. The molecule has 0 amide bonds. The molecule has 0 radical (unpaired) electrons. The molecule has 0 spiro atoms. The van der Waals surface area contributed by atoms with Crippen molar-refractivity contribution in [3.63, 3.8) is 0 Å². The molecule has 4 unspecified atom stereocenters. The largest absolute Gasteiger partial charge is 0.375 e. The summed E-state index contributed by atoms with van der Waals surface area (Å²) < 4.78 is 7.34. The average molecular weight is 288 g/mol. The van der Waals surface area contributed by atoms with E-state index in [1.54, 1.807) is 0 Å². The van der Waals surface area contributed by atoms with E-state index in [-0.39, 0.29) is 0 Å². The van der Waals surface area contributed by atoms with Gasteiger partial charge in [-0.25, -0.2) is 0 Å². The molecule has 3 nitrogen and oxygen atoms in total. The van der Waals surface area contributed by atoms with E-state index in [2.05, 4.69) is 35.1 Å². The first-order chi connectivity index (χ1) is 9.85. The summed E-state index contributed by atoms with van der Waals surface area (Å²) in [5, 5.41) is 3.66. The van der Waals surface area contributed by atoms with Gasteiger partial charge in [0.25, 0.3) is 0 Å². The summed E-state index contributed by atoms with van der Waals surface area (Å²) in [4.78, 5) is 0. The summed E-state index contributed by atoms with van der Waals surface area (Å²) in [6, 6.07) is 8.94. The van der Waals surface area contributed by atoms with Crippen LogP contribution in [0.5, 0.6) is 0 Å². The van der Waals surface area contributed by atoms with Crippen LogP contribution in [0.25, 0.3) is 10.1 Å². The molecule has 1 aromatic carbocycles. The van der Waals surface area contributed by atoms with Crippen molar-refractivity contribution in [1.29, 1.82) is 0 Å². The van der Waals surface area contributed by atoms with Crippen LogP contribution >= 0.6 is 11.3 Å². The predicted octanol–water partition coefficient (Wildman–Crippen LogP) is 2.84. The summed E-state index contributed by atoms with van der Waals surface area (Å²) in [5.74, 6) is 6.41. The van der Waals surface area contributed by atoms with Crippen molar-refractivity contribution in [1.82, 2.24) is 5.43 Å². The van der Waals surface area contributed by atoms with Crippen LogP contribution in [0.3, 0.4) is 0 Å². The second-order valence-corrected chi connectivity index (χ2v) is 6.92. The van der Waals surface area contributed by atoms with Crippen LogP contribution in [0, 0.1) is 5.92 Å². The van der Waals surface area contributed by atoms with Gasteiger partial charge >= 0.3 is 0 Å². The molecule has 4 rings (SSSR count). The van der Waals surface area contributed by atoms with Gasteiger partial charge in [-0.15, -0.1) is 11.3 Å². The number of hydrogen-bond acceptors (Lipinski definition) is 4. The van der Waals surface area contributed by atoms with Gasteiger partial charge in [-0.05, 0) is 48.1 Å². The minimum Gasteiger partial charge on any atom is -0.375 e. The monoisotopic (exact) mass is 288 g/mol. The summed E-state index contributed by atoms with van der Waals surface area (Å²) in [7, 11) is 0. The highest BCUT2D eigenvalue weighted by atomic mass is 32.1. The minimum absolute atomic E-state index is 0.323. The van der Waals surface area contributed by atoms with E-state index in [0.717, 1.165) is 6.42 Å². The highest BCUT2D eigenvalue weighted by molar-refractivity contribution is 7.17. The van der Waals surface area contributed by atoms with Crippen LogP contribution in [-0.2, 0) is 11.2 Å². The Hall–Kier alpha value is -0.940. The number of nitrogens with two attached hydrogens (primary N) is 1. The molecule has 2 aromatic rings. The lowest BCUT2D eigenvalue weighted by Crippen LogP contribution is -2.45. The van der Waals surface area contributed by atoms with E-state index >= 15 is 0 Å². The molecule has 0 aliphatic carbocycles. The fourth-order valence-corrected chi connectivity index (χ4v) is 4.84. The second kappa shape index (κ2) is 5.11. The molecule has 2 bridgehead atoms. The maximum atomic E-state index is 5.98. The average Bonchev–Trinajstić information content (AvgIpc) is 3.20. The zero-order chi connectivity index (χ0) is 13.5. The van der Waals surface area contributed by atoms with Gasteiger partial charge in [0.15, 0.2) is 0 Å². The van der Waals surface area contributed by atoms with Gasteiger partial charge in [-0.2, -0.15) is 0 Å². The van der Waals surface area contributed by atoms with E-state index in [0.29, 0.717) is 24.2 Å². The molecule has 20 heavy (non-hydrogen) atoms. The van der Waals surface area contributed by atoms with Gasteiger partial charge in [0.2, 0.25) is 0 Å². The molecular formula is C16H20N2OS. The number of rotatable bonds is 4. The van der Waals surface area contributed by atoms with Crippen LogP contribution in [0.15, 0.2) is 29.6 Å². The van der Waals surface area contributed by atoms with Crippen molar-refractivity contribution >= 4 is 21.4 Å². The van der Waals surface area contributed by atoms with Crippen molar-refractivity contribution in [3.05, 3.63) is 35.2 Å². The topological polar surface area (TPSA) is 47.3 Å². The standard InChI is InChI=1S/C16H20N2OS/c17-18-14(13-8-11-5-6-15(13)19-11)7-10-9-20-16-4-2-1-3-12(10)16/h1-4,9,11,13-15,18H,5-8,17H2. The summed E-state index contributed by atoms with van der Waals surface area (Å²) in [6.07, 6.45) is 5.52. The van der Waals surface area contributed by atoms with Gasteiger partial charge in [0, 0.05) is 16.7 Å². The molecule has 2 saturated heterocycles. The molecule has 2 aliphatic rings. The Morgan fingerprint density at radius 3 is 3.00 bits per heavy atom. The Balaban J connectivity index is 1.57. The molecule has 4 heteroatoms. The first-order valence-corrected chi connectivity index (χ1v) is 8.30. The van der Waals surface area contributed by atoms with E-state index in [1.165, 1.54) is 34.9 Å². The first-order valence-electron chi connectivity index (χ1n) is 7.42. The number of hydrazine groups is 1. The highest BCUT2D eigenvalue weighted by Gasteiger charge is 2.44. The molecule has 2 fully saturated rings. The third-order valence-electron chi connectivity index (χ3n) is 4.88. The molecule has 3 N–H and O–H groups in total. The summed E-state index contributed by atoms with van der Waals surface area (Å²) in [5.41, 5.74) is 4.47. The number of thiophene rings is 1. The Labute approximate surface area is 123 Å². The Kier molecular flexibility index (Phi) is 3.27. The zero-order valence-electron chi connectivity index (χ0n) is 11.4. The van der Waals surface area contributed by atoms with Crippen molar-refractivity contribution in [2.75, 3.05) is 0 Å². The number of ether oxygens (including phenoxy) is 1. The predicted molar refractivity (Wildman–Crippen MR) is 82.6 cm³/mol. The lowest BCUT2D eigenvalue weighted by atomic mass is 9.82. The number of nitrogens with one attached hydrogen (secondary N) is 1.